The van der Waals surface area contributed by atoms with Crippen molar-refractivity contribution in [3.05, 3.63) is 65.0 Å². The number of benzene rings is 1. The number of aromatic nitrogens is 2. The molecular weight excluding hydrogens is 258 g/mol. The van der Waals surface area contributed by atoms with E-state index in [1.54, 1.807) is 12.3 Å². The van der Waals surface area contributed by atoms with E-state index in [1.165, 1.54) is 18.3 Å². The van der Waals surface area contributed by atoms with Crippen molar-refractivity contribution in [3.63, 3.8) is 0 Å². The first kappa shape index (κ1) is 12.0. The van der Waals surface area contributed by atoms with Crippen molar-refractivity contribution in [1.29, 1.82) is 0 Å². The fourth-order valence-corrected chi connectivity index (χ4v) is 1.81. The van der Waals surface area contributed by atoms with E-state index in [0.29, 0.717) is 11.6 Å². The normalized spacial score (nSPS) is 10.4. The Hall–Kier alpha value is -3.02. The van der Waals surface area contributed by atoms with Crippen LogP contribution >= 0.6 is 0 Å². The summed E-state index contributed by atoms with van der Waals surface area (Å²) >= 11 is 0. The van der Waals surface area contributed by atoms with Crippen molar-refractivity contribution in [1.82, 2.24) is 9.97 Å². The van der Waals surface area contributed by atoms with Gasteiger partial charge in [-0.2, -0.15) is 0 Å². The van der Waals surface area contributed by atoms with Gasteiger partial charge in [0.15, 0.2) is 0 Å². The van der Waals surface area contributed by atoms with Crippen molar-refractivity contribution in [2.24, 2.45) is 0 Å². The van der Waals surface area contributed by atoms with Gasteiger partial charge in [-0.3, -0.25) is 15.1 Å². The lowest BCUT2D eigenvalue weighted by molar-refractivity contribution is -0.385. The topological polar surface area (TPSA) is 78.2 Å². The van der Waals surface area contributed by atoms with Crippen molar-refractivity contribution in [2.75, 3.05) is 0 Å². The molecule has 2 aromatic heterocycles. The highest BCUT2D eigenvalue weighted by atomic mass is 16.6. The van der Waals surface area contributed by atoms with E-state index in [2.05, 4.69) is 9.97 Å². The first-order chi connectivity index (χ1) is 9.74. The van der Waals surface area contributed by atoms with Crippen LogP contribution in [-0.2, 0) is 0 Å². The molecule has 0 spiro atoms. The summed E-state index contributed by atoms with van der Waals surface area (Å²) in [7, 11) is 0. The number of hydrogen-bond donors (Lipinski definition) is 0. The van der Waals surface area contributed by atoms with Crippen LogP contribution in [0.4, 0.5) is 5.69 Å². The lowest BCUT2D eigenvalue weighted by Gasteiger charge is -2.07. The maximum atomic E-state index is 10.6. The quantitative estimate of drug-likeness (QED) is 0.537. The Bertz CT molecular complexity index is 767. The third kappa shape index (κ3) is 2.26. The van der Waals surface area contributed by atoms with Gasteiger partial charge in [0.25, 0.3) is 5.69 Å². The van der Waals surface area contributed by atoms with E-state index in [-0.39, 0.29) is 5.69 Å². The van der Waals surface area contributed by atoms with E-state index < -0.39 is 4.92 Å². The van der Waals surface area contributed by atoms with E-state index in [4.69, 9.17) is 4.74 Å². The molecule has 2 heterocycles. The minimum atomic E-state index is -0.501. The molecule has 0 aliphatic heterocycles. The molecule has 20 heavy (non-hydrogen) atoms. The summed E-state index contributed by atoms with van der Waals surface area (Å²) in [6.45, 7) is 0. The van der Waals surface area contributed by atoms with Gasteiger partial charge in [0.2, 0.25) is 5.88 Å². The summed E-state index contributed by atoms with van der Waals surface area (Å²) in [4.78, 5) is 18.2. The molecular formula is C14H9N3O3. The monoisotopic (exact) mass is 267 g/mol. The average molecular weight is 267 g/mol. The lowest BCUT2D eigenvalue weighted by atomic mass is 10.2. The Labute approximate surface area is 113 Å². The van der Waals surface area contributed by atoms with E-state index in [9.17, 15) is 10.1 Å². The summed E-state index contributed by atoms with van der Waals surface area (Å²) in [5, 5.41) is 11.4. The van der Waals surface area contributed by atoms with Crippen LogP contribution in [0.2, 0.25) is 0 Å². The molecule has 6 heteroatoms. The summed E-state index contributed by atoms with van der Waals surface area (Å²) in [6.07, 6.45) is 2.81. The highest BCUT2D eigenvalue weighted by Gasteiger charge is 2.08. The van der Waals surface area contributed by atoms with Crippen molar-refractivity contribution in [3.8, 4) is 11.6 Å². The minimum Gasteiger partial charge on any atom is -0.438 e. The molecule has 0 aliphatic carbocycles. The van der Waals surface area contributed by atoms with Gasteiger partial charge in [0.05, 0.1) is 10.4 Å². The van der Waals surface area contributed by atoms with Gasteiger partial charge in [0, 0.05) is 23.7 Å². The highest BCUT2D eigenvalue weighted by molar-refractivity contribution is 5.84. The van der Waals surface area contributed by atoms with Crippen molar-refractivity contribution < 1.29 is 9.66 Å². The van der Waals surface area contributed by atoms with Crippen molar-refractivity contribution >= 4 is 16.6 Å². The van der Waals surface area contributed by atoms with E-state index in [1.807, 2.05) is 24.3 Å². The smallest absolute Gasteiger partial charge is 0.287 e. The zero-order chi connectivity index (χ0) is 13.9. The Morgan fingerprint density at radius 2 is 1.90 bits per heavy atom. The number of ether oxygens (including phenoxy) is 1. The number of nitrogens with zero attached hydrogens (tertiary/aromatic N) is 3. The summed E-state index contributed by atoms with van der Waals surface area (Å²) in [5.41, 5.74) is 0.740. The van der Waals surface area contributed by atoms with Crippen LogP contribution in [0.5, 0.6) is 11.6 Å². The lowest BCUT2D eigenvalue weighted by Crippen LogP contribution is -1.92. The zero-order valence-corrected chi connectivity index (χ0v) is 10.3. The van der Waals surface area contributed by atoms with Gasteiger partial charge in [-0.05, 0) is 18.2 Å². The second kappa shape index (κ2) is 4.93. The van der Waals surface area contributed by atoms with Crippen molar-refractivity contribution in [2.45, 2.75) is 0 Å². The first-order valence-electron chi connectivity index (χ1n) is 5.86. The van der Waals surface area contributed by atoms with Gasteiger partial charge >= 0.3 is 0 Å². The molecule has 0 fully saturated rings. The molecule has 3 rings (SSSR count). The van der Waals surface area contributed by atoms with Crippen LogP contribution in [0, 0.1) is 10.1 Å². The van der Waals surface area contributed by atoms with Gasteiger partial charge in [-0.25, -0.2) is 4.98 Å². The maximum Gasteiger partial charge on any atom is 0.287 e. The first-order valence-corrected chi connectivity index (χ1v) is 5.86. The summed E-state index contributed by atoms with van der Waals surface area (Å²) in [5.74, 6) is 0.906. The molecule has 0 unspecified atom stereocenters. The molecule has 0 saturated carbocycles. The maximum absolute atomic E-state index is 10.6. The molecule has 0 saturated heterocycles. The fraction of sp³-hybridized carbons (Fsp3) is 0. The standard InChI is InChI=1S/C14H9N3O3/c18-17(19)10-5-6-14(16-9-10)20-13-7-8-15-12-4-2-1-3-11(12)13/h1-9H. The van der Waals surface area contributed by atoms with Crippen LogP contribution in [0.25, 0.3) is 10.9 Å². The molecule has 1 aromatic carbocycles. The van der Waals surface area contributed by atoms with E-state index >= 15 is 0 Å². The molecule has 0 atom stereocenters. The SMILES string of the molecule is O=[N+]([O-])c1ccc(Oc2ccnc3ccccc23)nc1. The van der Waals surface area contributed by atoms with Gasteiger partial charge < -0.3 is 4.74 Å². The predicted molar refractivity (Wildman–Crippen MR) is 72.7 cm³/mol. The Balaban J connectivity index is 1.95. The Morgan fingerprint density at radius 1 is 1.05 bits per heavy atom. The summed E-state index contributed by atoms with van der Waals surface area (Å²) in [6, 6.07) is 12.1. The van der Waals surface area contributed by atoms with Crippen LogP contribution in [0.1, 0.15) is 0 Å². The molecule has 3 aromatic rings. The number of hydrogen-bond acceptors (Lipinski definition) is 5. The minimum absolute atomic E-state index is 0.0723. The second-order valence-corrected chi connectivity index (χ2v) is 4.04. The van der Waals surface area contributed by atoms with Crippen LogP contribution in [0.15, 0.2) is 54.9 Å². The van der Waals surface area contributed by atoms with Crippen LogP contribution in [-0.4, -0.2) is 14.9 Å². The average Bonchev–Trinajstić information content (AvgIpc) is 2.48. The van der Waals surface area contributed by atoms with Gasteiger partial charge in [0.1, 0.15) is 11.9 Å². The molecule has 0 bridgehead atoms. The zero-order valence-electron chi connectivity index (χ0n) is 10.3. The third-order valence-corrected chi connectivity index (χ3v) is 2.76. The van der Waals surface area contributed by atoms with Gasteiger partial charge in [-0.1, -0.05) is 12.1 Å². The number of fused-ring (bicyclic) bond motifs is 1. The Morgan fingerprint density at radius 3 is 2.65 bits per heavy atom. The fourth-order valence-electron chi connectivity index (χ4n) is 1.81. The van der Waals surface area contributed by atoms with Gasteiger partial charge in [-0.15, -0.1) is 0 Å². The van der Waals surface area contributed by atoms with Crippen LogP contribution in [0.3, 0.4) is 0 Å². The Kier molecular flexibility index (Phi) is 2.96. The number of rotatable bonds is 3. The number of para-hydroxylation sites is 1. The largest absolute Gasteiger partial charge is 0.438 e. The van der Waals surface area contributed by atoms with Crippen LogP contribution < -0.4 is 4.74 Å². The second-order valence-electron chi connectivity index (χ2n) is 4.04. The van der Waals surface area contributed by atoms with E-state index in [0.717, 1.165) is 10.9 Å². The molecule has 98 valence electrons. The molecule has 0 aliphatic rings. The molecule has 0 radical (unpaired) electrons. The number of pyridine rings is 2. The highest BCUT2D eigenvalue weighted by Crippen LogP contribution is 2.27. The number of nitro groups is 1. The molecule has 0 N–H and O–H groups in total. The molecule has 6 nitrogen and oxygen atoms in total. The third-order valence-electron chi connectivity index (χ3n) is 2.76. The molecule has 0 amide bonds. The predicted octanol–water partition coefficient (Wildman–Crippen LogP) is 3.33. The summed E-state index contributed by atoms with van der Waals surface area (Å²) < 4.78 is 5.65.